The zero-order valence-corrected chi connectivity index (χ0v) is 10.2. The first-order valence-corrected chi connectivity index (χ1v) is 6.16. The van der Waals surface area contributed by atoms with Gasteiger partial charge in [-0.25, -0.2) is 4.39 Å². The van der Waals surface area contributed by atoms with E-state index in [1.165, 1.54) is 18.2 Å². The van der Waals surface area contributed by atoms with Crippen molar-refractivity contribution in [1.29, 1.82) is 0 Å². The van der Waals surface area contributed by atoms with E-state index < -0.39 is 0 Å². The molecular weight excluding hydrogens is 241 g/mol. The maximum Gasteiger partial charge on any atom is 0.140 e. The van der Waals surface area contributed by atoms with E-state index in [2.05, 4.69) is 0 Å². The molecule has 0 amide bonds. The van der Waals surface area contributed by atoms with Crippen LogP contribution in [0, 0.1) is 11.7 Å². The largest absolute Gasteiger partial charge is 0.328 e. The van der Waals surface area contributed by atoms with Gasteiger partial charge in [0, 0.05) is 23.4 Å². The fraction of sp³-hybridized carbons (Fsp3) is 0.462. The summed E-state index contributed by atoms with van der Waals surface area (Å²) in [4.78, 5) is 12.0. The molecular formula is C13H15ClFNO. The van der Waals surface area contributed by atoms with Gasteiger partial charge in [0.15, 0.2) is 0 Å². The van der Waals surface area contributed by atoms with Crippen LogP contribution in [0.1, 0.15) is 24.8 Å². The number of Topliss-reactive ketones (excluding diaryl/α,β-unsaturated/α-hetero) is 1. The van der Waals surface area contributed by atoms with Crippen molar-refractivity contribution in [3.8, 4) is 0 Å². The average molecular weight is 256 g/mol. The van der Waals surface area contributed by atoms with Crippen LogP contribution in [-0.2, 0) is 11.2 Å². The molecule has 2 nitrogen and oxygen atoms in total. The average Bonchev–Trinajstić information content (AvgIpc) is 2.70. The zero-order chi connectivity index (χ0) is 12.4. The molecule has 1 aliphatic rings. The number of rotatable bonds is 3. The maximum absolute atomic E-state index is 13.0. The Labute approximate surface area is 105 Å². The third-order valence-corrected chi connectivity index (χ3v) is 3.67. The first-order chi connectivity index (χ1) is 8.06. The molecule has 2 unspecified atom stereocenters. The van der Waals surface area contributed by atoms with Gasteiger partial charge in [0.1, 0.15) is 11.6 Å². The second-order valence-corrected chi connectivity index (χ2v) is 5.06. The van der Waals surface area contributed by atoms with Crippen molar-refractivity contribution in [2.45, 2.75) is 31.7 Å². The number of carbonyl (C=O) groups excluding carboxylic acids is 1. The Hall–Kier alpha value is -0.930. The molecule has 0 aromatic heterocycles. The molecule has 17 heavy (non-hydrogen) atoms. The minimum absolute atomic E-state index is 0.0179. The SMILES string of the molecule is NC1CCC(C(=O)Cc2cc(F)ccc2Cl)C1. The lowest BCUT2D eigenvalue weighted by Gasteiger charge is -2.09. The predicted molar refractivity (Wildman–Crippen MR) is 65.4 cm³/mol. The van der Waals surface area contributed by atoms with Crippen LogP contribution in [0.4, 0.5) is 4.39 Å². The summed E-state index contributed by atoms with van der Waals surface area (Å²) < 4.78 is 13.0. The topological polar surface area (TPSA) is 43.1 Å². The Bertz CT molecular complexity index is 435. The van der Waals surface area contributed by atoms with Gasteiger partial charge < -0.3 is 5.73 Å². The van der Waals surface area contributed by atoms with Crippen LogP contribution in [-0.4, -0.2) is 11.8 Å². The van der Waals surface area contributed by atoms with Gasteiger partial charge in [-0.3, -0.25) is 4.79 Å². The number of ketones is 1. The van der Waals surface area contributed by atoms with Crippen molar-refractivity contribution in [2.24, 2.45) is 11.7 Å². The van der Waals surface area contributed by atoms with Gasteiger partial charge in [-0.2, -0.15) is 0 Å². The number of nitrogens with two attached hydrogens (primary N) is 1. The Morgan fingerprint density at radius 3 is 2.88 bits per heavy atom. The summed E-state index contributed by atoms with van der Waals surface area (Å²) in [5, 5.41) is 0.446. The van der Waals surface area contributed by atoms with Crippen LogP contribution in [0.25, 0.3) is 0 Å². The van der Waals surface area contributed by atoms with Crippen LogP contribution in [0.5, 0.6) is 0 Å². The van der Waals surface area contributed by atoms with E-state index in [0.717, 1.165) is 19.3 Å². The third kappa shape index (κ3) is 3.05. The van der Waals surface area contributed by atoms with Crippen molar-refractivity contribution < 1.29 is 9.18 Å². The van der Waals surface area contributed by atoms with Gasteiger partial charge in [-0.15, -0.1) is 0 Å². The molecule has 4 heteroatoms. The van der Waals surface area contributed by atoms with Crippen LogP contribution >= 0.6 is 11.6 Å². The molecule has 2 N–H and O–H groups in total. The van der Waals surface area contributed by atoms with E-state index >= 15 is 0 Å². The van der Waals surface area contributed by atoms with Crippen LogP contribution in [0.3, 0.4) is 0 Å². The van der Waals surface area contributed by atoms with Gasteiger partial charge in [0.25, 0.3) is 0 Å². The second kappa shape index (κ2) is 5.15. The lowest BCUT2D eigenvalue weighted by molar-refractivity contribution is -0.122. The smallest absolute Gasteiger partial charge is 0.140 e. The van der Waals surface area contributed by atoms with Gasteiger partial charge in [0.05, 0.1) is 0 Å². The highest BCUT2D eigenvalue weighted by Crippen LogP contribution is 2.27. The summed E-state index contributed by atoms with van der Waals surface area (Å²) >= 11 is 5.93. The first-order valence-electron chi connectivity index (χ1n) is 5.78. The second-order valence-electron chi connectivity index (χ2n) is 4.65. The highest BCUT2D eigenvalue weighted by Gasteiger charge is 2.27. The van der Waals surface area contributed by atoms with Gasteiger partial charge in [-0.05, 0) is 43.0 Å². The molecule has 0 radical (unpaired) electrons. The first kappa shape index (κ1) is 12.5. The molecule has 0 saturated heterocycles. The normalized spacial score (nSPS) is 23.9. The summed E-state index contributed by atoms with van der Waals surface area (Å²) in [7, 11) is 0. The van der Waals surface area contributed by atoms with Gasteiger partial charge in [0.2, 0.25) is 0 Å². The van der Waals surface area contributed by atoms with Crippen molar-refractivity contribution in [2.75, 3.05) is 0 Å². The van der Waals surface area contributed by atoms with E-state index in [4.69, 9.17) is 17.3 Å². The molecule has 1 aliphatic carbocycles. The van der Waals surface area contributed by atoms with Gasteiger partial charge >= 0.3 is 0 Å². The third-order valence-electron chi connectivity index (χ3n) is 3.30. The summed E-state index contributed by atoms with van der Waals surface area (Å²) in [6.07, 6.45) is 2.68. The molecule has 1 aromatic rings. The Kier molecular flexibility index (Phi) is 3.79. The fourth-order valence-corrected chi connectivity index (χ4v) is 2.50. The molecule has 1 aromatic carbocycles. The van der Waals surface area contributed by atoms with Gasteiger partial charge in [-0.1, -0.05) is 11.6 Å². The van der Waals surface area contributed by atoms with E-state index in [1.807, 2.05) is 0 Å². The summed E-state index contributed by atoms with van der Waals surface area (Å²) in [6.45, 7) is 0. The highest BCUT2D eigenvalue weighted by atomic mass is 35.5. The number of hydrogen-bond donors (Lipinski definition) is 1. The van der Waals surface area contributed by atoms with Crippen LogP contribution < -0.4 is 5.73 Å². The lowest BCUT2D eigenvalue weighted by atomic mass is 9.96. The Morgan fingerprint density at radius 1 is 1.47 bits per heavy atom. The van der Waals surface area contributed by atoms with E-state index in [9.17, 15) is 9.18 Å². The molecule has 1 saturated carbocycles. The van der Waals surface area contributed by atoms with E-state index in [1.54, 1.807) is 0 Å². The fourth-order valence-electron chi connectivity index (χ4n) is 2.32. The molecule has 0 aliphatic heterocycles. The standard InChI is InChI=1S/C13H15ClFNO/c14-12-4-2-10(15)5-9(12)7-13(17)8-1-3-11(16)6-8/h2,4-5,8,11H,1,3,6-7,16H2. The van der Waals surface area contributed by atoms with Crippen LogP contribution in [0.15, 0.2) is 18.2 Å². The van der Waals surface area contributed by atoms with Crippen molar-refractivity contribution >= 4 is 17.4 Å². The lowest BCUT2D eigenvalue weighted by Crippen LogP contribution is -2.19. The maximum atomic E-state index is 13.0. The Balaban J connectivity index is 2.05. The highest BCUT2D eigenvalue weighted by molar-refractivity contribution is 6.31. The molecule has 2 atom stereocenters. The minimum Gasteiger partial charge on any atom is -0.328 e. The molecule has 1 fully saturated rings. The van der Waals surface area contributed by atoms with Crippen molar-refractivity contribution in [1.82, 2.24) is 0 Å². The number of hydrogen-bond acceptors (Lipinski definition) is 2. The van der Waals surface area contributed by atoms with E-state index in [-0.39, 0.29) is 30.0 Å². The quantitative estimate of drug-likeness (QED) is 0.903. The monoisotopic (exact) mass is 255 g/mol. The predicted octanol–water partition coefficient (Wildman–Crippen LogP) is 2.72. The molecule has 0 heterocycles. The molecule has 92 valence electrons. The van der Waals surface area contributed by atoms with E-state index in [0.29, 0.717) is 10.6 Å². The van der Waals surface area contributed by atoms with Crippen molar-refractivity contribution in [3.05, 3.63) is 34.6 Å². The molecule has 0 bridgehead atoms. The number of benzene rings is 1. The number of carbonyl (C=O) groups is 1. The van der Waals surface area contributed by atoms with Crippen molar-refractivity contribution in [3.63, 3.8) is 0 Å². The minimum atomic E-state index is -0.361. The zero-order valence-electron chi connectivity index (χ0n) is 9.46. The summed E-state index contributed by atoms with van der Waals surface area (Å²) in [6, 6.07) is 4.24. The molecule has 0 spiro atoms. The molecule has 2 rings (SSSR count). The van der Waals surface area contributed by atoms with Crippen LogP contribution in [0.2, 0.25) is 5.02 Å². The number of halogens is 2. The summed E-state index contributed by atoms with van der Waals surface area (Å²) in [5.74, 6) is -0.227. The Morgan fingerprint density at radius 2 is 2.24 bits per heavy atom. The summed E-state index contributed by atoms with van der Waals surface area (Å²) in [5.41, 5.74) is 6.34.